The first-order valence-corrected chi connectivity index (χ1v) is 6.10. The van der Waals surface area contributed by atoms with Crippen molar-refractivity contribution in [1.82, 2.24) is 14.5 Å². The summed E-state index contributed by atoms with van der Waals surface area (Å²) >= 11 is 0. The van der Waals surface area contributed by atoms with Crippen LogP contribution in [0.25, 0.3) is 11.0 Å². The Balaban J connectivity index is 2.54. The molecular weight excluding hydrogens is 230 g/mol. The van der Waals surface area contributed by atoms with E-state index in [1.165, 1.54) is 4.57 Å². The summed E-state index contributed by atoms with van der Waals surface area (Å²) in [6.45, 7) is 4.54. The van der Waals surface area contributed by atoms with E-state index in [2.05, 4.69) is 16.9 Å². The van der Waals surface area contributed by atoms with E-state index in [4.69, 9.17) is 4.74 Å². The van der Waals surface area contributed by atoms with E-state index in [-0.39, 0.29) is 5.69 Å². The van der Waals surface area contributed by atoms with Gasteiger partial charge in [-0.1, -0.05) is 13.3 Å². The van der Waals surface area contributed by atoms with E-state index < -0.39 is 0 Å². The second-order valence-electron chi connectivity index (χ2n) is 4.28. The molecule has 0 N–H and O–H groups in total. The van der Waals surface area contributed by atoms with Crippen LogP contribution in [0.15, 0.2) is 16.9 Å². The smallest absolute Gasteiger partial charge is 0.351 e. The minimum absolute atomic E-state index is 0.320. The van der Waals surface area contributed by atoms with Gasteiger partial charge < -0.3 is 4.74 Å². The second-order valence-corrected chi connectivity index (χ2v) is 4.28. The van der Waals surface area contributed by atoms with Crippen molar-refractivity contribution in [3.63, 3.8) is 0 Å². The lowest BCUT2D eigenvalue weighted by Gasteiger charge is -2.09. The van der Waals surface area contributed by atoms with Gasteiger partial charge in [0.15, 0.2) is 0 Å². The Morgan fingerprint density at radius 2 is 2.11 bits per heavy atom. The molecule has 0 aliphatic rings. The maximum Gasteiger partial charge on any atom is 0.351 e. The topological polar surface area (TPSA) is 57.0 Å². The number of nitrogens with zero attached hydrogens (tertiary/aromatic N) is 3. The van der Waals surface area contributed by atoms with Crippen molar-refractivity contribution in [1.29, 1.82) is 0 Å². The molecule has 0 atom stereocenters. The van der Waals surface area contributed by atoms with Crippen LogP contribution in [0.1, 0.15) is 25.5 Å². The molecule has 2 aromatic heterocycles. The van der Waals surface area contributed by atoms with Gasteiger partial charge in [0.25, 0.3) is 0 Å². The molecular formula is C13H17N3O2. The zero-order valence-corrected chi connectivity index (χ0v) is 10.9. The Bertz CT molecular complexity index is 619. The molecule has 5 heteroatoms. The molecule has 0 aliphatic heterocycles. The number of aromatic nitrogens is 3. The Hall–Kier alpha value is -1.91. The minimum Gasteiger partial charge on any atom is -0.476 e. The van der Waals surface area contributed by atoms with Gasteiger partial charge in [-0.15, -0.1) is 0 Å². The van der Waals surface area contributed by atoms with Crippen LogP contribution in [0, 0.1) is 6.92 Å². The lowest BCUT2D eigenvalue weighted by molar-refractivity contribution is 0.299. The predicted molar refractivity (Wildman–Crippen MR) is 69.9 cm³/mol. The van der Waals surface area contributed by atoms with Gasteiger partial charge in [-0.05, 0) is 25.5 Å². The van der Waals surface area contributed by atoms with E-state index in [9.17, 15) is 4.79 Å². The van der Waals surface area contributed by atoms with Crippen molar-refractivity contribution in [3.05, 3.63) is 28.3 Å². The Kier molecular flexibility index (Phi) is 3.60. The van der Waals surface area contributed by atoms with Crippen LogP contribution >= 0.6 is 0 Å². The Labute approximate surface area is 105 Å². The first-order valence-electron chi connectivity index (χ1n) is 6.10. The lowest BCUT2D eigenvalue weighted by atomic mass is 10.3. The minimum atomic E-state index is -0.320. The molecule has 0 amide bonds. The highest BCUT2D eigenvalue weighted by atomic mass is 16.5. The number of hydrogen-bond acceptors (Lipinski definition) is 4. The summed E-state index contributed by atoms with van der Waals surface area (Å²) in [5, 5.41) is 0. The predicted octanol–water partition coefficient (Wildman–Crippen LogP) is 1.82. The van der Waals surface area contributed by atoms with Gasteiger partial charge >= 0.3 is 5.69 Å². The first kappa shape index (κ1) is 12.5. The number of pyridine rings is 1. The molecule has 0 unspecified atom stereocenters. The maximum absolute atomic E-state index is 11.7. The average molecular weight is 247 g/mol. The van der Waals surface area contributed by atoms with Gasteiger partial charge in [-0.2, -0.15) is 4.98 Å². The average Bonchev–Trinajstić information content (AvgIpc) is 2.35. The van der Waals surface area contributed by atoms with Gasteiger partial charge in [0, 0.05) is 12.7 Å². The van der Waals surface area contributed by atoms with Crippen LogP contribution in [-0.4, -0.2) is 21.1 Å². The standard InChI is InChI=1S/C13H17N3O2/c1-4-5-8-18-12-11-10(7-6-9(2)14-11)16(3)13(17)15-12/h6-7H,4-5,8H2,1-3H3. The molecule has 0 radical (unpaired) electrons. The summed E-state index contributed by atoms with van der Waals surface area (Å²) < 4.78 is 7.04. The van der Waals surface area contributed by atoms with Crippen molar-refractivity contribution >= 4 is 11.0 Å². The second kappa shape index (κ2) is 5.16. The van der Waals surface area contributed by atoms with E-state index >= 15 is 0 Å². The Morgan fingerprint density at radius 1 is 1.33 bits per heavy atom. The molecule has 0 fully saturated rings. The molecule has 2 heterocycles. The number of hydrogen-bond donors (Lipinski definition) is 0. The molecule has 0 saturated heterocycles. The van der Waals surface area contributed by atoms with Crippen LogP contribution in [0.3, 0.4) is 0 Å². The van der Waals surface area contributed by atoms with Crippen molar-refractivity contribution in [3.8, 4) is 5.88 Å². The number of rotatable bonds is 4. The van der Waals surface area contributed by atoms with Gasteiger partial charge in [-0.3, -0.25) is 4.57 Å². The third kappa shape index (κ3) is 2.34. The van der Waals surface area contributed by atoms with E-state index in [1.54, 1.807) is 7.05 Å². The fourth-order valence-electron chi connectivity index (χ4n) is 1.71. The van der Waals surface area contributed by atoms with Crippen LogP contribution in [0.4, 0.5) is 0 Å². The molecule has 0 aromatic carbocycles. The molecule has 96 valence electrons. The van der Waals surface area contributed by atoms with E-state index in [0.717, 1.165) is 24.1 Å². The van der Waals surface area contributed by atoms with Crippen LogP contribution < -0.4 is 10.4 Å². The van der Waals surface area contributed by atoms with Crippen LogP contribution in [-0.2, 0) is 7.05 Å². The summed E-state index contributed by atoms with van der Waals surface area (Å²) in [6, 6.07) is 3.74. The number of ether oxygens (including phenoxy) is 1. The van der Waals surface area contributed by atoms with Crippen molar-refractivity contribution in [2.24, 2.45) is 7.05 Å². The number of fused-ring (bicyclic) bond motifs is 1. The van der Waals surface area contributed by atoms with Crippen molar-refractivity contribution < 1.29 is 4.74 Å². The fraction of sp³-hybridized carbons (Fsp3) is 0.462. The zero-order valence-electron chi connectivity index (χ0n) is 10.9. The summed E-state index contributed by atoms with van der Waals surface area (Å²) in [5.74, 6) is 0.338. The molecule has 0 spiro atoms. The molecule has 5 nitrogen and oxygen atoms in total. The molecule has 0 saturated carbocycles. The van der Waals surface area contributed by atoms with Crippen LogP contribution in [0.2, 0.25) is 0 Å². The summed E-state index contributed by atoms with van der Waals surface area (Å²) in [4.78, 5) is 20.1. The maximum atomic E-state index is 11.7. The molecule has 2 rings (SSSR count). The van der Waals surface area contributed by atoms with E-state index in [0.29, 0.717) is 18.0 Å². The normalized spacial score (nSPS) is 10.8. The largest absolute Gasteiger partial charge is 0.476 e. The van der Waals surface area contributed by atoms with Gasteiger partial charge in [0.2, 0.25) is 5.88 Å². The third-order valence-electron chi connectivity index (χ3n) is 2.80. The highest BCUT2D eigenvalue weighted by Gasteiger charge is 2.10. The molecule has 2 aromatic rings. The number of unbranched alkanes of at least 4 members (excludes halogenated alkanes) is 1. The molecule has 0 bridgehead atoms. The fourth-order valence-corrected chi connectivity index (χ4v) is 1.71. The quantitative estimate of drug-likeness (QED) is 0.773. The van der Waals surface area contributed by atoms with E-state index in [1.807, 2.05) is 19.1 Å². The van der Waals surface area contributed by atoms with Crippen molar-refractivity contribution in [2.45, 2.75) is 26.7 Å². The molecule has 0 aliphatic carbocycles. The van der Waals surface area contributed by atoms with Gasteiger partial charge in [0.1, 0.15) is 5.52 Å². The molecule has 18 heavy (non-hydrogen) atoms. The first-order chi connectivity index (χ1) is 8.63. The summed E-state index contributed by atoms with van der Waals surface area (Å²) in [6.07, 6.45) is 1.97. The Morgan fingerprint density at radius 3 is 2.83 bits per heavy atom. The summed E-state index contributed by atoms with van der Waals surface area (Å²) in [5.41, 5.74) is 1.95. The zero-order chi connectivity index (χ0) is 13.1. The van der Waals surface area contributed by atoms with Gasteiger partial charge in [-0.25, -0.2) is 9.78 Å². The summed E-state index contributed by atoms with van der Waals surface area (Å²) in [7, 11) is 1.69. The van der Waals surface area contributed by atoms with Crippen LogP contribution in [0.5, 0.6) is 5.88 Å². The SMILES string of the molecule is CCCCOc1nc(=O)n(C)c2ccc(C)nc12. The van der Waals surface area contributed by atoms with Crippen molar-refractivity contribution in [2.75, 3.05) is 6.61 Å². The highest BCUT2D eigenvalue weighted by molar-refractivity contribution is 5.79. The monoisotopic (exact) mass is 247 g/mol. The number of aryl methyl sites for hydroxylation is 2. The van der Waals surface area contributed by atoms with Gasteiger partial charge in [0.05, 0.1) is 12.1 Å². The third-order valence-corrected chi connectivity index (χ3v) is 2.80. The lowest BCUT2D eigenvalue weighted by Crippen LogP contribution is -2.21. The highest BCUT2D eigenvalue weighted by Crippen LogP contribution is 2.19.